The molecule has 2 aromatic rings. The van der Waals surface area contributed by atoms with Gasteiger partial charge in [-0.25, -0.2) is 0 Å². The molecule has 25 heavy (non-hydrogen) atoms. The molecule has 1 N–H and O–H groups in total. The highest BCUT2D eigenvalue weighted by Crippen LogP contribution is 2.34. The fourth-order valence-corrected chi connectivity index (χ4v) is 2.51. The van der Waals surface area contributed by atoms with E-state index in [1.165, 1.54) is 0 Å². The van der Waals surface area contributed by atoms with Gasteiger partial charge in [-0.05, 0) is 26.0 Å². The molecule has 0 saturated heterocycles. The number of rotatable bonds is 7. The van der Waals surface area contributed by atoms with Crippen molar-refractivity contribution in [1.29, 1.82) is 0 Å². The van der Waals surface area contributed by atoms with Crippen LogP contribution in [0.1, 0.15) is 43.5 Å². The van der Waals surface area contributed by atoms with E-state index >= 15 is 0 Å². The molecule has 2 heterocycles. The first-order valence-electron chi connectivity index (χ1n) is 8.03. The average molecular weight is 362 g/mol. The van der Waals surface area contributed by atoms with Crippen molar-refractivity contribution in [3.05, 3.63) is 53.6 Å². The molecule has 2 aromatic heterocycles. The van der Waals surface area contributed by atoms with E-state index in [9.17, 15) is 0 Å². The Labute approximate surface area is 153 Å². The van der Waals surface area contributed by atoms with E-state index in [-0.39, 0.29) is 5.41 Å². The summed E-state index contributed by atoms with van der Waals surface area (Å²) in [4.78, 5) is 4.62. The van der Waals surface area contributed by atoms with Crippen molar-refractivity contribution in [2.24, 2.45) is 0 Å². The van der Waals surface area contributed by atoms with Gasteiger partial charge in [0.1, 0.15) is 11.3 Å². The van der Waals surface area contributed by atoms with Crippen molar-refractivity contribution in [2.45, 2.75) is 33.1 Å². The van der Waals surface area contributed by atoms with E-state index in [0.29, 0.717) is 34.5 Å². The summed E-state index contributed by atoms with van der Waals surface area (Å²) in [7, 11) is 1.55. The number of nitrogens with zero attached hydrogens (tertiary/aromatic N) is 2. The molecule has 0 amide bonds. The molecule has 0 radical (unpaired) electrons. The van der Waals surface area contributed by atoms with Gasteiger partial charge in [-0.2, -0.15) is 0 Å². The lowest BCUT2D eigenvalue weighted by Crippen LogP contribution is -2.29. The van der Waals surface area contributed by atoms with E-state index in [2.05, 4.69) is 35.9 Å². The normalized spacial score (nSPS) is 12.2. The lowest BCUT2D eigenvalue weighted by Gasteiger charge is -2.25. The topological polar surface area (TPSA) is 60.2 Å². The summed E-state index contributed by atoms with van der Waals surface area (Å²) < 4.78 is 10.7. The summed E-state index contributed by atoms with van der Waals surface area (Å²) in [5.74, 6) is 1.41. The third kappa shape index (κ3) is 4.23. The Morgan fingerprint density at radius 3 is 2.76 bits per heavy atom. The van der Waals surface area contributed by atoms with E-state index in [1.54, 1.807) is 13.2 Å². The number of aryl methyl sites for hydroxylation is 1. The molecule has 0 aliphatic rings. The lowest BCUT2D eigenvalue weighted by atomic mass is 9.88. The summed E-state index contributed by atoms with van der Waals surface area (Å²) in [6.45, 7) is 12.6. The van der Waals surface area contributed by atoms with Crippen LogP contribution in [-0.2, 0) is 10.2 Å². The number of anilines is 1. The molecule has 0 spiro atoms. The van der Waals surface area contributed by atoms with Crippen LogP contribution in [0.4, 0.5) is 5.82 Å². The van der Waals surface area contributed by atoms with Crippen molar-refractivity contribution < 1.29 is 9.26 Å². The fraction of sp³-hybridized carbons (Fsp3) is 0.368. The second kappa shape index (κ2) is 7.74. The van der Waals surface area contributed by atoms with Crippen LogP contribution in [0.5, 0.6) is 0 Å². The van der Waals surface area contributed by atoms with Crippen LogP contribution in [0.15, 0.2) is 35.4 Å². The van der Waals surface area contributed by atoms with E-state index in [1.807, 2.05) is 32.0 Å². The van der Waals surface area contributed by atoms with Gasteiger partial charge in [0, 0.05) is 23.3 Å². The van der Waals surface area contributed by atoms with Crippen LogP contribution in [0, 0.1) is 6.92 Å². The van der Waals surface area contributed by atoms with E-state index in [0.717, 1.165) is 11.4 Å². The zero-order valence-electron chi connectivity index (χ0n) is 15.3. The number of ether oxygens (including phenoxy) is 1. The van der Waals surface area contributed by atoms with Gasteiger partial charge in [-0.1, -0.05) is 49.3 Å². The van der Waals surface area contributed by atoms with E-state index < -0.39 is 0 Å². The van der Waals surface area contributed by atoms with Crippen molar-refractivity contribution >= 4 is 28.2 Å². The zero-order valence-corrected chi connectivity index (χ0v) is 16.1. The van der Waals surface area contributed by atoms with Crippen molar-refractivity contribution in [2.75, 3.05) is 19.0 Å². The molecular weight excluding hydrogens is 338 g/mol. The predicted molar refractivity (Wildman–Crippen MR) is 103 cm³/mol. The molecule has 0 fully saturated rings. The second-order valence-corrected chi connectivity index (χ2v) is 6.81. The number of methoxy groups -OCH3 is 1. The molecule has 0 atom stereocenters. The van der Waals surface area contributed by atoms with Gasteiger partial charge in [0.2, 0.25) is 0 Å². The van der Waals surface area contributed by atoms with Crippen LogP contribution in [0.3, 0.4) is 0 Å². The van der Waals surface area contributed by atoms with Crippen LogP contribution >= 0.6 is 11.6 Å². The third-order valence-corrected chi connectivity index (χ3v) is 4.36. The largest absolute Gasteiger partial charge is 0.496 e. The van der Waals surface area contributed by atoms with Crippen LogP contribution in [0.25, 0.3) is 10.8 Å². The quantitative estimate of drug-likeness (QED) is 0.704. The van der Waals surface area contributed by atoms with Crippen LogP contribution in [0.2, 0.25) is 0 Å². The maximum Gasteiger partial charge on any atom is 0.191 e. The molecule has 0 unspecified atom stereocenters. The second-order valence-electron chi connectivity index (χ2n) is 6.40. The molecule has 0 aliphatic heterocycles. The van der Waals surface area contributed by atoms with Gasteiger partial charge >= 0.3 is 0 Å². The fourth-order valence-electron chi connectivity index (χ4n) is 2.38. The van der Waals surface area contributed by atoms with Crippen LogP contribution in [-0.4, -0.2) is 23.8 Å². The monoisotopic (exact) mass is 361 g/mol. The Balaban J connectivity index is 2.28. The van der Waals surface area contributed by atoms with Crippen molar-refractivity contribution in [1.82, 2.24) is 10.1 Å². The lowest BCUT2D eigenvalue weighted by molar-refractivity contribution is 0.369. The number of aromatic nitrogens is 2. The van der Waals surface area contributed by atoms with Gasteiger partial charge in [0.25, 0.3) is 0 Å². The van der Waals surface area contributed by atoms with E-state index in [4.69, 9.17) is 20.9 Å². The summed E-state index contributed by atoms with van der Waals surface area (Å²) in [5.41, 5.74) is 2.41. The molecule has 5 nitrogen and oxygen atoms in total. The number of allylic oxidation sites excluding steroid dienone is 1. The molecular formula is C19H24ClN3O2. The Bertz CT molecular complexity index is 794. The maximum atomic E-state index is 6.21. The number of nitrogens with one attached hydrogen (secondary N) is 1. The standard InChI is InChI=1S/C19H24ClN3O2/c1-7-14(20)17-16(13(3)24-6)18(23-25-17)21-11-19(4,5)15-10-8-9-12(2)22-15/h7-10H,3,11H2,1-2,4-6H3,(H,21,23)/b14-7+. The Morgan fingerprint density at radius 2 is 2.16 bits per heavy atom. The molecule has 134 valence electrons. The highest BCUT2D eigenvalue weighted by molar-refractivity contribution is 6.48. The molecule has 0 aromatic carbocycles. The average Bonchev–Trinajstić information content (AvgIpc) is 3.02. The molecule has 0 saturated carbocycles. The highest BCUT2D eigenvalue weighted by atomic mass is 35.5. The predicted octanol–water partition coefficient (Wildman–Crippen LogP) is 4.98. The van der Waals surface area contributed by atoms with Gasteiger partial charge in [0.15, 0.2) is 11.6 Å². The molecule has 6 heteroatoms. The molecule has 0 aliphatic carbocycles. The zero-order chi connectivity index (χ0) is 18.6. The summed E-state index contributed by atoms with van der Waals surface area (Å²) in [6.07, 6.45) is 1.74. The summed E-state index contributed by atoms with van der Waals surface area (Å²) >= 11 is 6.21. The van der Waals surface area contributed by atoms with Gasteiger partial charge in [-0.15, -0.1) is 0 Å². The number of hydrogen-bond donors (Lipinski definition) is 1. The van der Waals surface area contributed by atoms with Crippen molar-refractivity contribution in [3.8, 4) is 0 Å². The summed E-state index contributed by atoms with van der Waals surface area (Å²) in [5, 5.41) is 7.86. The Kier molecular flexibility index (Phi) is 5.90. The highest BCUT2D eigenvalue weighted by Gasteiger charge is 2.26. The minimum atomic E-state index is -0.207. The van der Waals surface area contributed by atoms with Crippen molar-refractivity contribution in [3.63, 3.8) is 0 Å². The first-order chi connectivity index (χ1) is 11.8. The Hall–Kier alpha value is -2.27. The number of hydrogen-bond acceptors (Lipinski definition) is 5. The van der Waals surface area contributed by atoms with Gasteiger partial charge < -0.3 is 14.6 Å². The molecule has 2 rings (SSSR count). The van der Waals surface area contributed by atoms with Crippen LogP contribution < -0.4 is 5.32 Å². The smallest absolute Gasteiger partial charge is 0.191 e. The first-order valence-corrected chi connectivity index (χ1v) is 8.41. The van der Waals surface area contributed by atoms with Gasteiger partial charge in [0.05, 0.1) is 12.1 Å². The minimum absolute atomic E-state index is 0.207. The SMILES string of the molecule is C=C(OC)c1c(NCC(C)(C)c2cccc(C)n2)noc1/C(Cl)=C\C. The molecule has 0 bridgehead atoms. The third-order valence-electron chi connectivity index (χ3n) is 3.97. The minimum Gasteiger partial charge on any atom is -0.496 e. The number of pyridine rings is 1. The number of halogens is 1. The Morgan fingerprint density at radius 1 is 1.44 bits per heavy atom. The summed E-state index contributed by atoms with van der Waals surface area (Å²) in [6, 6.07) is 6.02. The van der Waals surface area contributed by atoms with Gasteiger partial charge in [-0.3, -0.25) is 4.98 Å². The first kappa shape index (κ1) is 19.1. The maximum absolute atomic E-state index is 6.21.